The Morgan fingerprint density at radius 1 is 1.33 bits per heavy atom. The fourth-order valence-electron chi connectivity index (χ4n) is 3.08. The first kappa shape index (κ1) is 21.2. The Bertz CT molecular complexity index is 542. The van der Waals surface area contributed by atoms with Crippen LogP contribution in [0.3, 0.4) is 0 Å². The number of benzene rings is 1. The van der Waals surface area contributed by atoms with Crippen LogP contribution >= 0.6 is 24.0 Å². The van der Waals surface area contributed by atoms with Crippen molar-refractivity contribution in [2.24, 2.45) is 5.73 Å². The van der Waals surface area contributed by atoms with Crippen LogP contribution in [-0.4, -0.2) is 31.2 Å². The van der Waals surface area contributed by atoms with Crippen molar-refractivity contribution in [2.75, 3.05) is 19.8 Å². The summed E-state index contributed by atoms with van der Waals surface area (Å²) in [6.45, 7) is 5.75. The van der Waals surface area contributed by atoms with E-state index in [1.165, 1.54) is 0 Å². The molecule has 1 fully saturated rings. The molecule has 24 heavy (non-hydrogen) atoms. The normalized spacial score (nSPS) is 17.0. The van der Waals surface area contributed by atoms with Crippen LogP contribution < -0.4 is 11.1 Å². The molecule has 0 unspecified atom stereocenters. The quantitative estimate of drug-likeness (QED) is 0.801. The third kappa shape index (κ3) is 4.63. The number of hydrogen-bond donors (Lipinski definition) is 2. The highest BCUT2D eigenvalue weighted by atomic mass is 35.5. The topological polar surface area (TPSA) is 64.3 Å². The van der Waals surface area contributed by atoms with E-state index in [2.05, 4.69) is 19.2 Å². The molecule has 0 spiro atoms. The molecule has 2 rings (SSSR count). The Kier molecular flexibility index (Phi) is 8.00. The molecule has 0 radical (unpaired) electrons. The summed E-state index contributed by atoms with van der Waals surface area (Å²) < 4.78 is 5.48. The van der Waals surface area contributed by atoms with Gasteiger partial charge in [-0.15, -0.1) is 12.4 Å². The number of carbonyl (C=O) groups excluding carboxylic acids is 1. The lowest BCUT2D eigenvalue weighted by atomic mass is 9.73. The molecule has 3 N–H and O–H groups in total. The fraction of sp³-hybridized carbons (Fsp3) is 0.611. The van der Waals surface area contributed by atoms with E-state index in [4.69, 9.17) is 22.1 Å². The SMILES string of the molecule is CCC(N)(CC)CNC(=O)C1(c2cccc(Cl)c2)CCOCC1.Cl. The predicted octanol–water partition coefficient (Wildman–Crippen LogP) is 3.44. The molecule has 1 aliphatic heterocycles. The Labute approximate surface area is 155 Å². The van der Waals surface area contributed by atoms with Crippen molar-refractivity contribution in [3.8, 4) is 0 Å². The van der Waals surface area contributed by atoms with Gasteiger partial charge in [0.1, 0.15) is 0 Å². The van der Waals surface area contributed by atoms with Gasteiger partial charge in [0.2, 0.25) is 5.91 Å². The van der Waals surface area contributed by atoms with E-state index in [-0.39, 0.29) is 23.9 Å². The maximum absolute atomic E-state index is 13.0. The van der Waals surface area contributed by atoms with Gasteiger partial charge in [0.05, 0.1) is 5.41 Å². The summed E-state index contributed by atoms with van der Waals surface area (Å²) in [5, 5.41) is 3.74. The number of rotatable bonds is 6. The molecule has 0 saturated carbocycles. The molecule has 1 aromatic rings. The van der Waals surface area contributed by atoms with Crippen LogP contribution in [0, 0.1) is 0 Å². The standard InChI is InChI=1S/C18H27ClN2O2.ClH/c1-3-17(20,4-2)13-21-16(22)18(8-10-23-11-9-18)14-6-5-7-15(19)12-14;/h5-7,12H,3-4,8-11,13,20H2,1-2H3,(H,21,22);1H. The van der Waals surface area contributed by atoms with E-state index in [9.17, 15) is 4.79 Å². The van der Waals surface area contributed by atoms with E-state index >= 15 is 0 Å². The number of halogens is 2. The van der Waals surface area contributed by atoms with Crippen LogP contribution in [0.15, 0.2) is 24.3 Å². The molecule has 1 amide bonds. The third-order valence-electron chi connectivity index (χ3n) is 5.17. The monoisotopic (exact) mass is 374 g/mol. The first-order valence-corrected chi connectivity index (χ1v) is 8.74. The van der Waals surface area contributed by atoms with Gasteiger partial charge in [-0.2, -0.15) is 0 Å². The molecule has 0 bridgehead atoms. The van der Waals surface area contributed by atoms with Crippen molar-refractivity contribution in [3.63, 3.8) is 0 Å². The highest BCUT2D eigenvalue weighted by Crippen LogP contribution is 2.36. The van der Waals surface area contributed by atoms with Gasteiger partial charge >= 0.3 is 0 Å². The number of ether oxygens (including phenoxy) is 1. The second kappa shape index (κ2) is 9.04. The third-order valence-corrected chi connectivity index (χ3v) is 5.40. The predicted molar refractivity (Wildman–Crippen MR) is 101 cm³/mol. The minimum Gasteiger partial charge on any atom is -0.381 e. The summed E-state index contributed by atoms with van der Waals surface area (Å²) in [5.41, 5.74) is 6.35. The molecule has 0 aliphatic carbocycles. The van der Waals surface area contributed by atoms with Gasteiger partial charge in [0, 0.05) is 30.3 Å². The molecule has 1 aliphatic rings. The van der Waals surface area contributed by atoms with Crippen molar-refractivity contribution in [1.29, 1.82) is 0 Å². The van der Waals surface area contributed by atoms with Gasteiger partial charge in [-0.05, 0) is 43.4 Å². The van der Waals surface area contributed by atoms with Crippen molar-refractivity contribution in [3.05, 3.63) is 34.9 Å². The summed E-state index contributed by atoms with van der Waals surface area (Å²) in [7, 11) is 0. The van der Waals surface area contributed by atoms with E-state index in [0.717, 1.165) is 18.4 Å². The van der Waals surface area contributed by atoms with E-state index in [1.54, 1.807) is 0 Å². The first-order valence-electron chi connectivity index (χ1n) is 8.37. The Morgan fingerprint density at radius 2 is 1.96 bits per heavy atom. The van der Waals surface area contributed by atoms with Crippen LogP contribution in [0.25, 0.3) is 0 Å². The zero-order valence-electron chi connectivity index (χ0n) is 14.4. The number of amides is 1. The van der Waals surface area contributed by atoms with Gasteiger partial charge in [-0.25, -0.2) is 0 Å². The Hall–Kier alpha value is -0.810. The van der Waals surface area contributed by atoms with Gasteiger partial charge in [0.25, 0.3) is 0 Å². The highest BCUT2D eigenvalue weighted by Gasteiger charge is 2.42. The smallest absolute Gasteiger partial charge is 0.230 e. The fourth-order valence-corrected chi connectivity index (χ4v) is 3.27. The maximum Gasteiger partial charge on any atom is 0.230 e. The lowest BCUT2D eigenvalue weighted by Gasteiger charge is -2.37. The first-order chi connectivity index (χ1) is 11.0. The second-order valence-corrected chi connectivity index (χ2v) is 6.89. The maximum atomic E-state index is 13.0. The molecule has 4 nitrogen and oxygen atoms in total. The molecule has 0 aromatic heterocycles. The number of nitrogens with one attached hydrogen (secondary N) is 1. The van der Waals surface area contributed by atoms with E-state index in [0.29, 0.717) is 37.6 Å². The molecule has 0 atom stereocenters. The molecule has 136 valence electrons. The second-order valence-electron chi connectivity index (χ2n) is 6.46. The van der Waals surface area contributed by atoms with Crippen molar-refractivity contribution in [1.82, 2.24) is 5.32 Å². The summed E-state index contributed by atoms with van der Waals surface area (Å²) in [6.07, 6.45) is 2.98. The van der Waals surface area contributed by atoms with E-state index < -0.39 is 5.41 Å². The number of nitrogens with two attached hydrogens (primary N) is 1. The van der Waals surface area contributed by atoms with Gasteiger partial charge in [-0.3, -0.25) is 4.79 Å². The van der Waals surface area contributed by atoms with Crippen LogP contribution in [0.4, 0.5) is 0 Å². The zero-order valence-corrected chi connectivity index (χ0v) is 16.0. The summed E-state index contributed by atoms with van der Waals surface area (Å²) in [6, 6.07) is 7.59. The van der Waals surface area contributed by atoms with Gasteiger partial charge < -0.3 is 15.8 Å². The summed E-state index contributed by atoms with van der Waals surface area (Å²) >= 11 is 6.14. The Balaban J connectivity index is 0.00000288. The van der Waals surface area contributed by atoms with Crippen LogP contribution in [0.2, 0.25) is 5.02 Å². The van der Waals surface area contributed by atoms with Crippen molar-refractivity contribution >= 4 is 29.9 Å². The molecule has 1 aromatic carbocycles. The lowest BCUT2D eigenvalue weighted by Crippen LogP contribution is -2.54. The van der Waals surface area contributed by atoms with Crippen molar-refractivity contribution in [2.45, 2.75) is 50.5 Å². The number of carbonyl (C=O) groups is 1. The molecule has 6 heteroatoms. The molecule has 1 heterocycles. The van der Waals surface area contributed by atoms with Gasteiger partial charge in [0.15, 0.2) is 0 Å². The largest absolute Gasteiger partial charge is 0.381 e. The zero-order chi connectivity index (χ0) is 16.9. The minimum atomic E-state index is -0.578. The van der Waals surface area contributed by atoms with Crippen LogP contribution in [0.5, 0.6) is 0 Å². The Morgan fingerprint density at radius 3 is 2.50 bits per heavy atom. The average molecular weight is 375 g/mol. The molecular formula is C18H28Cl2N2O2. The van der Waals surface area contributed by atoms with Crippen molar-refractivity contribution < 1.29 is 9.53 Å². The van der Waals surface area contributed by atoms with Gasteiger partial charge in [-0.1, -0.05) is 37.6 Å². The van der Waals surface area contributed by atoms with E-state index in [1.807, 2.05) is 24.3 Å². The van der Waals surface area contributed by atoms with Crippen LogP contribution in [0.1, 0.15) is 45.1 Å². The molecular weight excluding hydrogens is 347 g/mol. The number of hydrogen-bond acceptors (Lipinski definition) is 3. The summed E-state index contributed by atoms with van der Waals surface area (Å²) in [5.74, 6) is 0.0276. The summed E-state index contributed by atoms with van der Waals surface area (Å²) in [4.78, 5) is 13.0. The average Bonchev–Trinajstić information content (AvgIpc) is 2.60. The minimum absolute atomic E-state index is 0. The highest BCUT2D eigenvalue weighted by molar-refractivity contribution is 6.30. The van der Waals surface area contributed by atoms with Crippen LogP contribution in [-0.2, 0) is 14.9 Å². The molecule has 1 saturated heterocycles. The lowest BCUT2D eigenvalue weighted by molar-refractivity contribution is -0.130.